The van der Waals surface area contributed by atoms with E-state index in [9.17, 15) is 14.4 Å². The Morgan fingerprint density at radius 3 is 2.53 bits per heavy atom. The van der Waals surface area contributed by atoms with Gasteiger partial charge < -0.3 is 4.74 Å². The Balaban J connectivity index is 2.17. The first-order valence-corrected chi connectivity index (χ1v) is 11.3. The Kier molecular flexibility index (Phi) is 7.53. The lowest BCUT2D eigenvalue weighted by atomic mass is 10.1. The molecule has 0 saturated carbocycles. The van der Waals surface area contributed by atoms with Gasteiger partial charge in [0.2, 0.25) is 5.62 Å². The van der Waals surface area contributed by atoms with Crippen molar-refractivity contribution in [2.75, 3.05) is 13.4 Å². The third kappa shape index (κ3) is 5.47. The van der Waals surface area contributed by atoms with Gasteiger partial charge in [-0.15, -0.1) is 11.8 Å². The first-order chi connectivity index (χ1) is 15.3. The number of thioether (sulfide) groups is 1. The summed E-state index contributed by atoms with van der Waals surface area (Å²) in [6.07, 6.45) is 1.96. The summed E-state index contributed by atoms with van der Waals surface area (Å²) >= 11 is 1.57. The zero-order valence-corrected chi connectivity index (χ0v) is 19.3. The molecule has 1 N–H and O–H groups in total. The van der Waals surface area contributed by atoms with Gasteiger partial charge in [0.05, 0.1) is 25.3 Å². The van der Waals surface area contributed by atoms with Crippen molar-refractivity contribution in [3.63, 3.8) is 0 Å². The van der Waals surface area contributed by atoms with Crippen LogP contribution in [0.3, 0.4) is 0 Å². The number of rotatable bonds is 7. The molecule has 1 atom stereocenters. The fourth-order valence-electron chi connectivity index (χ4n) is 3.17. The summed E-state index contributed by atoms with van der Waals surface area (Å²) in [7, 11) is 1.27. The fourth-order valence-corrected chi connectivity index (χ4v) is 3.63. The van der Waals surface area contributed by atoms with Crippen LogP contribution in [-0.2, 0) is 22.6 Å². The van der Waals surface area contributed by atoms with E-state index in [-0.39, 0.29) is 18.7 Å². The summed E-state index contributed by atoms with van der Waals surface area (Å²) in [6, 6.07) is 15.3. The summed E-state index contributed by atoms with van der Waals surface area (Å²) in [5.41, 5.74) is 1.55. The number of hydrogen-bond acceptors (Lipinski definition) is 6. The Morgan fingerprint density at radius 1 is 1.16 bits per heavy atom. The molecule has 0 bridgehead atoms. The molecule has 0 amide bonds. The van der Waals surface area contributed by atoms with Gasteiger partial charge in [-0.2, -0.15) is 0 Å². The minimum atomic E-state index is -0.660. The molecule has 0 fully saturated rings. The molecule has 2 aromatic carbocycles. The lowest BCUT2D eigenvalue weighted by molar-refractivity contribution is -0.145. The van der Waals surface area contributed by atoms with E-state index >= 15 is 0 Å². The predicted octanol–water partition coefficient (Wildman–Crippen LogP) is 2.46. The predicted molar refractivity (Wildman–Crippen MR) is 124 cm³/mol. The molecular formula is C23H26N4O4S. The van der Waals surface area contributed by atoms with Gasteiger partial charge in [-0.3, -0.25) is 14.3 Å². The van der Waals surface area contributed by atoms with E-state index in [0.717, 1.165) is 20.6 Å². The number of aromatic amines is 1. The van der Waals surface area contributed by atoms with Crippen LogP contribution >= 0.6 is 11.8 Å². The molecule has 0 unspecified atom stereocenters. The summed E-state index contributed by atoms with van der Waals surface area (Å²) in [5.74, 6) is -1.16. The molecule has 9 heteroatoms. The highest BCUT2D eigenvalue weighted by atomic mass is 32.2. The van der Waals surface area contributed by atoms with Crippen LogP contribution in [0.25, 0.3) is 0 Å². The van der Waals surface area contributed by atoms with E-state index in [2.05, 4.69) is 9.98 Å². The van der Waals surface area contributed by atoms with Crippen LogP contribution in [-0.4, -0.2) is 33.5 Å². The van der Waals surface area contributed by atoms with Gasteiger partial charge in [-0.05, 0) is 36.9 Å². The third-order valence-corrected chi connectivity index (χ3v) is 5.72. The number of methoxy groups -OCH3 is 1. The van der Waals surface area contributed by atoms with Crippen molar-refractivity contribution >= 4 is 23.4 Å². The summed E-state index contributed by atoms with van der Waals surface area (Å²) in [5, 5.41) is 0. The van der Waals surface area contributed by atoms with E-state index in [0.29, 0.717) is 5.69 Å². The Labute approximate surface area is 189 Å². The van der Waals surface area contributed by atoms with Crippen LogP contribution in [0.1, 0.15) is 18.1 Å². The number of hydrogen-bond donors (Lipinski definition) is 1. The molecule has 0 saturated heterocycles. The number of aromatic nitrogens is 3. The number of esters is 1. The molecule has 0 aliphatic rings. The number of H-pyrrole nitrogens is 1. The number of benzene rings is 2. The number of carbonyl (C=O) groups excluding carboxylic acids is 1. The molecule has 0 spiro atoms. The van der Waals surface area contributed by atoms with Gasteiger partial charge in [-0.1, -0.05) is 42.8 Å². The zero-order chi connectivity index (χ0) is 23.3. The minimum absolute atomic E-state index is 0.100. The van der Waals surface area contributed by atoms with Gasteiger partial charge in [0.15, 0.2) is 0 Å². The van der Waals surface area contributed by atoms with Crippen molar-refractivity contribution in [3.05, 3.63) is 86.2 Å². The summed E-state index contributed by atoms with van der Waals surface area (Å²) in [4.78, 5) is 46.2. The van der Waals surface area contributed by atoms with Crippen molar-refractivity contribution in [2.24, 2.45) is 10.9 Å². The maximum Gasteiger partial charge on any atom is 0.335 e. The number of ether oxygens (including phenoxy) is 1. The summed E-state index contributed by atoms with van der Waals surface area (Å²) in [6.45, 7) is 3.70. The van der Waals surface area contributed by atoms with Gasteiger partial charge in [-0.25, -0.2) is 19.1 Å². The topological polar surface area (TPSA) is 98.4 Å². The average Bonchev–Trinajstić information content (AvgIpc) is 2.79. The molecule has 1 heterocycles. The monoisotopic (exact) mass is 454 g/mol. The minimum Gasteiger partial charge on any atom is -0.469 e. The normalized spacial score (nSPS) is 12.6. The van der Waals surface area contributed by atoms with Crippen LogP contribution in [0.15, 0.2) is 68.0 Å². The van der Waals surface area contributed by atoms with Crippen molar-refractivity contribution in [1.29, 1.82) is 0 Å². The van der Waals surface area contributed by atoms with Crippen molar-refractivity contribution in [2.45, 2.75) is 31.8 Å². The Bertz CT molecular complexity index is 1290. The third-order valence-electron chi connectivity index (χ3n) is 4.99. The lowest BCUT2D eigenvalue weighted by Gasteiger charge is -2.14. The Hall–Kier alpha value is -3.33. The fraction of sp³-hybridized carbons (Fsp3) is 0.304. The Morgan fingerprint density at radius 2 is 1.88 bits per heavy atom. The first kappa shape index (κ1) is 23.3. The quantitative estimate of drug-likeness (QED) is 0.437. The van der Waals surface area contributed by atoms with Crippen LogP contribution in [0, 0.1) is 12.8 Å². The van der Waals surface area contributed by atoms with Crippen LogP contribution in [0.4, 0.5) is 5.69 Å². The number of nitrogens with one attached hydrogen (secondary N) is 1. The second kappa shape index (κ2) is 10.3. The van der Waals surface area contributed by atoms with E-state index in [1.165, 1.54) is 11.7 Å². The van der Waals surface area contributed by atoms with E-state index in [1.807, 2.05) is 55.6 Å². The van der Waals surface area contributed by atoms with Crippen molar-refractivity contribution < 1.29 is 9.53 Å². The molecule has 168 valence electrons. The first-order valence-electron chi connectivity index (χ1n) is 10.1. The molecule has 32 heavy (non-hydrogen) atoms. The highest BCUT2D eigenvalue weighted by Crippen LogP contribution is 2.20. The number of nitrogens with zero attached hydrogens (tertiary/aromatic N) is 3. The molecule has 0 aliphatic heterocycles. The average molecular weight is 455 g/mol. The summed E-state index contributed by atoms with van der Waals surface area (Å²) < 4.78 is 7.14. The molecule has 3 rings (SSSR count). The zero-order valence-electron chi connectivity index (χ0n) is 18.5. The van der Waals surface area contributed by atoms with Crippen LogP contribution in [0.2, 0.25) is 0 Å². The van der Waals surface area contributed by atoms with Crippen LogP contribution in [0.5, 0.6) is 0 Å². The van der Waals surface area contributed by atoms with Gasteiger partial charge >= 0.3 is 17.3 Å². The van der Waals surface area contributed by atoms with Crippen molar-refractivity contribution in [1.82, 2.24) is 14.1 Å². The highest BCUT2D eigenvalue weighted by molar-refractivity contribution is 7.98. The van der Waals surface area contributed by atoms with E-state index < -0.39 is 23.3 Å². The van der Waals surface area contributed by atoms with Crippen LogP contribution < -0.4 is 17.0 Å². The molecule has 3 aromatic rings. The molecule has 0 radical (unpaired) electrons. The molecule has 8 nitrogen and oxygen atoms in total. The highest BCUT2D eigenvalue weighted by Gasteiger charge is 2.18. The second-order valence-electron chi connectivity index (χ2n) is 7.46. The SMILES string of the molecule is COC(=O)[C@@H](C)Cn1c(=O)[nH]/c(=N\c2cccc(SC)c2)n(Cc2ccc(C)cc2)c1=O. The maximum absolute atomic E-state index is 13.3. The molecular weight excluding hydrogens is 428 g/mol. The largest absolute Gasteiger partial charge is 0.469 e. The molecule has 0 aliphatic carbocycles. The standard InChI is InChI=1S/C23H26N4O4S/c1-15-8-10-17(11-9-15)14-26-21(24-18-6-5-7-19(12-18)32-4)25-22(29)27(23(26)30)13-16(2)20(28)31-3/h5-12,16H,13-14H2,1-4H3,(H,24,25,29)/t16-/m0/s1. The number of carbonyl (C=O) groups is 1. The lowest BCUT2D eigenvalue weighted by Crippen LogP contribution is -2.51. The maximum atomic E-state index is 13.3. The van der Waals surface area contributed by atoms with Gasteiger partial charge in [0, 0.05) is 11.4 Å². The smallest absolute Gasteiger partial charge is 0.335 e. The van der Waals surface area contributed by atoms with Crippen molar-refractivity contribution in [3.8, 4) is 0 Å². The van der Waals surface area contributed by atoms with Gasteiger partial charge in [0.1, 0.15) is 0 Å². The van der Waals surface area contributed by atoms with Gasteiger partial charge in [0.25, 0.3) is 0 Å². The number of aryl methyl sites for hydroxylation is 1. The molecule has 1 aromatic heterocycles. The second-order valence-corrected chi connectivity index (χ2v) is 8.34. The van der Waals surface area contributed by atoms with E-state index in [4.69, 9.17) is 4.74 Å². The van der Waals surface area contributed by atoms with E-state index in [1.54, 1.807) is 24.8 Å².